The molecule has 0 aliphatic heterocycles. The van der Waals surface area contributed by atoms with Gasteiger partial charge in [0.05, 0.1) is 12.7 Å². The zero-order chi connectivity index (χ0) is 14.5. The highest BCUT2D eigenvalue weighted by atomic mass is 16.4. The van der Waals surface area contributed by atoms with Crippen molar-refractivity contribution < 1.29 is 9.90 Å². The molecule has 0 amide bonds. The van der Waals surface area contributed by atoms with Crippen LogP contribution >= 0.6 is 0 Å². The van der Waals surface area contributed by atoms with Crippen LogP contribution in [0.15, 0.2) is 30.5 Å². The number of nitrogens with zero attached hydrogens (tertiary/aromatic N) is 3. The van der Waals surface area contributed by atoms with E-state index in [-0.39, 0.29) is 11.7 Å². The molecule has 20 heavy (non-hydrogen) atoms. The fraction of sp³-hybridized carbons (Fsp3) is 0.357. The lowest BCUT2D eigenvalue weighted by molar-refractivity contribution is 0.0690. The molecule has 2 aromatic rings. The van der Waals surface area contributed by atoms with E-state index in [2.05, 4.69) is 41.6 Å². The monoisotopic (exact) mass is 274 g/mol. The third-order valence-electron chi connectivity index (χ3n) is 3.20. The number of aromatic nitrogens is 3. The minimum atomic E-state index is -1.06. The van der Waals surface area contributed by atoms with E-state index in [9.17, 15) is 4.79 Å². The molecule has 1 aromatic heterocycles. The van der Waals surface area contributed by atoms with Crippen LogP contribution in [0.1, 0.15) is 34.6 Å². The molecule has 1 aromatic carbocycles. The second kappa shape index (κ2) is 6.29. The highest BCUT2D eigenvalue weighted by molar-refractivity contribution is 5.84. The van der Waals surface area contributed by atoms with Crippen molar-refractivity contribution in [2.75, 3.05) is 6.54 Å². The largest absolute Gasteiger partial charge is 0.476 e. The van der Waals surface area contributed by atoms with Crippen LogP contribution in [0.2, 0.25) is 0 Å². The molecule has 0 aliphatic carbocycles. The van der Waals surface area contributed by atoms with Crippen LogP contribution in [0.5, 0.6) is 0 Å². The number of hydrogen-bond acceptors (Lipinski definition) is 4. The van der Waals surface area contributed by atoms with Crippen molar-refractivity contribution in [1.29, 1.82) is 0 Å². The Morgan fingerprint density at radius 1 is 1.45 bits per heavy atom. The van der Waals surface area contributed by atoms with Gasteiger partial charge >= 0.3 is 5.97 Å². The van der Waals surface area contributed by atoms with Crippen LogP contribution in [0.3, 0.4) is 0 Å². The smallest absolute Gasteiger partial charge is 0.358 e. The summed E-state index contributed by atoms with van der Waals surface area (Å²) >= 11 is 0. The molecule has 0 aliphatic rings. The summed E-state index contributed by atoms with van der Waals surface area (Å²) < 4.78 is 1.53. The normalized spacial score (nSPS) is 12.3. The molecule has 0 saturated carbocycles. The Bertz CT molecular complexity index is 594. The van der Waals surface area contributed by atoms with Gasteiger partial charge in [0.1, 0.15) is 0 Å². The SMILES string of the molecule is Cc1ccccc1[C@H](C)NCCn1cc(C(=O)O)nn1. The number of nitrogens with one attached hydrogen (secondary N) is 1. The van der Waals surface area contributed by atoms with Crippen molar-refractivity contribution in [2.45, 2.75) is 26.4 Å². The average molecular weight is 274 g/mol. The van der Waals surface area contributed by atoms with E-state index >= 15 is 0 Å². The van der Waals surface area contributed by atoms with Crippen LogP contribution < -0.4 is 5.32 Å². The Balaban J connectivity index is 1.86. The Hall–Kier alpha value is -2.21. The predicted molar refractivity (Wildman–Crippen MR) is 74.6 cm³/mol. The van der Waals surface area contributed by atoms with Gasteiger partial charge in [0.2, 0.25) is 0 Å². The van der Waals surface area contributed by atoms with Gasteiger partial charge < -0.3 is 10.4 Å². The van der Waals surface area contributed by atoms with Gasteiger partial charge in [0, 0.05) is 12.6 Å². The maximum Gasteiger partial charge on any atom is 0.358 e. The van der Waals surface area contributed by atoms with E-state index in [0.29, 0.717) is 13.1 Å². The van der Waals surface area contributed by atoms with E-state index in [4.69, 9.17) is 5.11 Å². The minimum absolute atomic E-state index is 0.0306. The van der Waals surface area contributed by atoms with Crippen molar-refractivity contribution in [1.82, 2.24) is 20.3 Å². The number of carbonyl (C=O) groups is 1. The van der Waals surface area contributed by atoms with Crippen LogP contribution in [-0.2, 0) is 6.54 Å². The van der Waals surface area contributed by atoms with Gasteiger partial charge in [-0.15, -0.1) is 5.10 Å². The van der Waals surface area contributed by atoms with Gasteiger partial charge in [0.15, 0.2) is 5.69 Å². The van der Waals surface area contributed by atoms with E-state index in [0.717, 1.165) is 0 Å². The Labute approximate surface area is 117 Å². The molecular formula is C14H18N4O2. The highest BCUT2D eigenvalue weighted by Crippen LogP contribution is 2.16. The fourth-order valence-corrected chi connectivity index (χ4v) is 2.08. The van der Waals surface area contributed by atoms with Gasteiger partial charge in [-0.05, 0) is 25.0 Å². The number of aryl methyl sites for hydroxylation is 1. The fourth-order valence-electron chi connectivity index (χ4n) is 2.08. The van der Waals surface area contributed by atoms with E-state index < -0.39 is 5.97 Å². The van der Waals surface area contributed by atoms with E-state index in [1.807, 2.05) is 12.1 Å². The first-order chi connectivity index (χ1) is 9.58. The van der Waals surface area contributed by atoms with Crippen molar-refractivity contribution >= 4 is 5.97 Å². The van der Waals surface area contributed by atoms with Crippen molar-refractivity contribution in [2.24, 2.45) is 0 Å². The summed E-state index contributed by atoms with van der Waals surface area (Å²) in [6, 6.07) is 8.47. The lowest BCUT2D eigenvalue weighted by atomic mass is 10.0. The van der Waals surface area contributed by atoms with Gasteiger partial charge in [-0.1, -0.05) is 29.5 Å². The minimum Gasteiger partial charge on any atom is -0.476 e. The highest BCUT2D eigenvalue weighted by Gasteiger charge is 2.09. The molecule has 6 heteroatoms. The maximum absolute atomic E-state index is 10.7. The van der Waals surface area contributed by atoms with Crippen LogP contribution in [-0.4, -0.2) is 32.6 Å². The first kappa shape index (κ1) is 14.2. The molecule has 0 saturated heterocycles. The molecule has 6 nitrogen and oxygen atoms in total. The third-order valence-corrected chi connectivity index (χ3v) is 3.20. The van der Waals surface area contributed by atoms with Crippen LogP contribution in [0.4, 0.5) is 0 Å². The number of carboxylic acid groups (broad SMARTS) is 1. The average Bonchev–Trinajstić information content (AvgIpc) is 2.88. The molecule has 2 N–H and O–H groups in total. The number of carboxylic acids is 1. The summed E-state index contributed by atoms with van der Waals surface area (Å²) in [5, 5.41) is 19.5. The molecule has 106 valence electrons. The Morgan fingerprint density at radius 2 is 2.20 bits per heavy atom. The molecule has 0 spiro atoms. The predicted octanol–water partition coefficient (Wildman–Crippen LogP) is 1.64. The molecule has 0 bridgehead atoms. The summed E-state index contributed by atoms with van der Waals surface area (Å²) in [4.78, 5) is 10.7. The number of aromatic carboxylic acids is 1. The standard InChI is InChI=1S/C14H18N4O2/c1-10-5-3-4-6-12(10)11(2)15-7-8-18-9-13(14(19)20)16-17-18/h3-6,9,11,15H,7-8H2,1-2H3,(H,19,20)/t11-/m0/s1. The molecule has 0 unspecified atom stereocenters. The lowest BCUT2D eigenvalue weighted by Crippen LogP contribution is -2.24. The van der Waals surface area contributed by atoms with E-state index in [1.165, 1.54) is 22.0 Å². The summed E-state index contributed by atoms with van der Waals surface area (Å²) in [5.41, 5.74) is 2.48. The molecule has 1 heterocycles. The second-order valence-electron chi connectivity index (χ2n) is 4.70. The van der Waals surface area contributed by atoms with Crippen LogP contribution in [0, 0.1) is 6.92 Å². The van der Waals surface area contributed by atoms with Crippen molar-refractivity contribution in [3.63, 3.8) is 0 Å². The molecule has 0 fully saturated rings. The zero-order valence-electron chi connectivity index (χ0n) is 11.6. The topological polar surface area (TPSA) is 80.0 Å². The summed E-state index contributed by atoms with van der Waals surface area (Å²) in [6.07, 6.45) is 1.43. The molecule has 0 radical (unpaired) electrons. The first-order valence-electron chi connectivity index (χ1n) is 6.50. The Kier molecular flexibility index (Phi) is 4.47. The third kappa shape index (κ3) is 3.42. The van der Waals surface area contributed by atoms with E-state index in [1.54, 1.807) is 0 Å². The number of hydrogen-bond donors (Lipinski definition) is 2. The van der Waals surface area contributed by atoms with Gasteiger partial charge in [-0.2, -0.15) is 0 Å². The summed E-state index contributed by atoms with van der Waals surface area (Å²) in [7, 11) is 0. The van der Waals surface area contributed by atoms with Gasteiger partial charge in [-0.3, -0.25) is 4.68 Å². The van der Waals surface area contributed by atoms with Crippen LogP contribution in [0.25, 0.3) is 0 Å². The molecule has 1 atom stereocenters. The lowest BCUT2D eigenvalue weighted by Gasteiger charge is -2.16. The Morgan fingerprint density at radius 3 is 2.85 bits per heavy atom. The summed E-state index contributed by atoms with van der Waals surface area (Å²) in [6.45, 7) is 5.46. The molecule has 2 rings (SSSR count). The number of rotatable bonds is 6. The van der Waals surface area contributed by atoms with Gasteiger partial charge in [0.25, 0.3) is 0 Å². The van der Waals surface area contributed by atoms with Gasteiger partial charge in [-0.25, -0.2) is 4.79 Å². The zero-order valence-corrected chi connectivity index (χ0v) is 11.6. The first-order valence-corrected chi connectivity index (χ1v) is 6.50. The second-order valence-corrected chi connectivity index (χ2v) is 4.70. The number of benzene rings is 1. The maximum atomic E-state index is 10.7. The van der Waals surface area contributed by atoms with Crippen molar-refractivity contribution in [3.8, 4) is 0 Å². The summed E-state index contributed by atoms with van der Waals surface area (Å²) in [5.74, 6) is -1.06. The molecular weight excluding hydrogens is 256 g/mol. The van der Waals surface area contributed by atoms with Crippen molar-refractivity contribution in [3.05, 3.63) is 47.3 Å². The quantitative estimate of drug-likeness (QED) is 0.837.